The van der Waals surface area contributed by atoms with Gasteiger partial charge in [-0.3, -0.25) is 0 Å². The second-order valence-corrected chi connectivity index (χ2v) is 11.5. The van der Waals surface area contributed by atoms with Crippen LogP contribution in [0.4, 0.5) is 0 Å². The molecule has 0 unspecified atom stereocenters. The molecule has 42 heavy (non-hydrogen) atoms. The van der Waals surface area contributed by atoms with Gasteiger partial charge in [-0.15, -0.1) is 0 Å². The van der Waals surface area contributed by atoms with Crippen LogP contribution in [0.5, 0.6) is 0 Å². The second kappa shape index (κ2) is 12.4. The van der Waals surface area contributed by atoms with Crippen LogP contribution in [-0.2, 0) is 0 Å². The lowest BCUT2D eigenvalue weighted by Gasteiger charge is -2.17. The van der Waals surface area contributed by atoms with Gasteiger partial charge in [0.05, 0.1) is 45.5 Å². The first-order valence-corrected chi connectivity index (χ1v) is 15.7. The van der Waals surface area contributed by atoms with E-state index in [1.54, 1.807) is 0 Å². The number of unbranched alkanes of at least 4 members (excludes halogenated alkanes) is 3. The molecule has 0 saturated carbocycles. The van der Waals surface area contributed by atoms with Gasteiger partial charge in [0.15, 0.2) is 0 Å². The molecule has 0 atom stereocenters. The van der Waals surface area contributed by atoms with Gasteiger partial charge >= 0.3 is 0 Å². The number of aromatic nitrogens is 1. The summed E-state index contributed by atoms with van der Waals surface area (Å²) in [6.45, 7) is 6.73. The molecule has 0 aliphatic carbocycles. The quantitative estimate of drug-likeness (QED) is 0.319. The van der Waals surface area contributed by atoms with Gasteiger partial charge in [0.25, 0.3) is 0 Å². The number of aromatic amines is 1. The number of hydrogen-bond acceptors (Lipinski definition) is 5. The molecule has 5 aliphatic heterocycles. The standard InChI is InChI=1S/C36H42N6/c1-5-8-11-24-27-14-16-29(38-27)25(12-9-6-2)31-18-20-33(40-31)35(36-37-22-23-42(36)4)34-21-19-32(41-34)26(13-10-7-3)30-17-15-28(24)39-30/h14-23,37,40H,5-13H2,1-4H3/b28-24?,29-25?,32-26?,36-35-. The molecule has 0 radical (unpaired) electrons. The van der Waals surface area contributed by atoms with E-state index in [-0.39, 0.29) is 0 Å². The molecule has 1 aromatic heterocycles. The summed E-state index contributed by atoms with van der Waals surface area (Å²) >= 11 is 0. The molecule has 0 saturated heterocycles. The van der Waals surface area contributed by atoms with Gasteiger partial charge < -0.3 is 15.2 Å². The average molecular weight is 559 g/mol. The number of fused-ring (bicyclic) bond motifs is 5. The Morgan fingerprint density at radius 3 is 1.67 bits per heavy atom. The highest BCUT2D eigenvalue weighted by Crippen LogP contribution is 2.35. The molecule has 6 heteroatoms. The summed E-state index contributed by atoms with van der Waals surface area (Å²) < 4.78 is 0. The Morgan fingerprint density at radius 2 is 1.12 bits per heavy atom. The molecule has 6 rings (SSSR count). The van der Waals surface area contributed by atoms with Crippen molar-refractivity contribution in [2.45, 2.75) is 78.6 Å². The van der Waals surface area contributed by atoms with Crippen molar-refractivity contribution in [3.05, 3.63) is 106 Å². The van der Waals surface area contributed by atoms with Crippen LogP contribution in [0.2, 0.25) is 0 Å². The van der Waals surface area contributed by atoms with Gasteiger partial charge in [-0.2, -0.15) is 0 Å². The molecule has 216 valence electrons. The maximum atomic E-state index is 5.28. The predicted octanol–water partition coefficient (Wildman–Crippen LogP) is 8.53. The first kappa shape index (κ1) is 28.0. The van der Waals surface area contributed by atoms with Gasteiger partial charge in [0.2, 0.25) is 0 Å². The average Bonchev–Trinajstić information content (AvgIpc) is 3.83. The van der Waals surface area contributed by atoms with Crippen molar-refractivity contribution < 1.29 is 0 Å². The van der Waals surface area contributed by atoms with Crippen molar-refractivity contribution in [1.82, 2.24) is 15.2 Å². The maximum absolute atomic E-state index is 5.28. The predicted molar refractivity (Wildman–Crippen MR) is 177 cm³/mol. The van der Waals surface area contributed by atoms with Crippen molar-refractivity contribution >= 4 is 28.3 Å². The van der Waals surface area contributed by atoms with E-state index in [0.717, 1.165) is 115 Å². The van der Waals surface area contributed by atoms with Crippen LogP contribution in [0.3, 0.4) is 0 Å². The van der Waals surface area contributed by atoms with Crippen LogP contribution in [0.1, 0.15) is 89.9 Å². The Kier molecular flexibility index (Phi) is 8.22. The Hall–Kier alpha value is -4.19. The van der Waals surface area contributed by atoms with Crippen LogP contribution < -0.4 is 5.32 Å². The maximum Gasteiger partial charge on any atom is 0.121 e. The smallest absolute Gasteiger partial charge is 0.121 e. The summed E-state index contributed by atoms with van der Waals surface area (Å²) in [5.74, 6) is 1.01. The summed E-state index contributed by atoms with van der Waals surface area (Å²) in [6.07, 6.45) is 26.7. The minimum Gasteiger partial charge on any atom is -0.355 e. The van der Waals surface area contributed by atoms with Crippen molar-refractivity contribution in [2.75, 3.05) is 7.05 Å². The minimum atomic E-state index is 0.945. The number of allylic oxidation sites excluding steroid dienone is 10. The van der Waals surface area contributed by atoms with E-state index in [4.69, 9.17) is 15.0 Å². The van der Waals surface area contributed by atoms with Crippen molar-refractivity contribution in [3.63, 3.8) is 0 Å². The molecule has 6 heterocycles. The Morgan fingerprint density at radius 1 is 0.619 bits per heavy atom. The number of H-pyrrole nitrogens is 1. The Bertz CT molecular complexity index is 1600. The summed E-state index contributed by atoms with van der Waals surface area (Å²) in [5, 5.41) is 3.46. The zero-order valence-corrected chi connectivity index (χ0v) is 25.4. The molecule has 6 nitrogen and oxygen atoms in total. The van der Waals surface area contributed by atoms with E-state index in [2.05, 4.69) is 91.6 Å². The summed E-state index contributed by atoms with van der Waals surface area (Å²) in [6, 6.07) is 4.41. The van der Waals surface area contributed by atoms with Gasteiger partial charge in [-0.25, -0.2) is 15.0 Å². The summed E-state index contributed by atoms with van der Waals surface area (Å²) in [5.41, 5.74) is 13.0. The van der Waals surface area contributed by atoms with E-state index < -0.39 is 0 Å². The Labute approximate surface area is 250 Å². The minimum absolute atomic E-state index is 0.945. The fourth-order valence-electron chi connectivity index (χ4n) is 6.06. The van der Waals surface area contributed by atoms with E-state index in [0.29, 0.717) is 0 Å². The first-order chi connectivity index (χ1) is 20.6. The highest BCUT2D eigenvalue weighted by molar-refractivity contribution is 6.31. The lowest BCUT2D eigenvalue weighted by Crippen LogP contribution is -2.19. The third-order valence-corrected chi connectivity index (χ3v) is 8.45. The topological polar surface area (TPSA) is 68.1 Å². The van der Waals surface area contributed by atoms with Crippen LogP contribution in [0, 0.1) is 0 Å². The van der Waals surface area contributed by atoms with E-state index in [9.17, 15) is 0 Å². The number of nitrogens with one attached hydrogen (secondary N) is 2. The molecular weight excluding hydrogens is 516 g/mol. The first-order valence-electron chi connectivity index (χ1n) is 15.7. The number of nitrogens with zero attached hydrogens (tertiary/aromatic N) is 4. The van der Waals surface area contributed by atoms with Crippen molar-refractivity contribution in [1.29, 1.82) is 0 Å². The third-order valence-electron chi connectivity index (χ3n) is 8.45. The van der Waals surface area contributed by atoms with Crippen LogP contribution in [0.15, 0.2) is 110 Å². The number of aliphatic imine (C=N–C) groups is 3. The highest BCUT2D eigenvalue weighted by atomic mass is 15.3. The lowest BCUT2D eigenvalue weighted by molar-refractivity contribution is 0.574. The molecule has 0 aromatic carbocycles. The van der Waals surface area contributed by atoms with E-state index >= 15 is 0 Å². The van der Waals surface area contributed by atoms with Crippen molar-refractivity contribution in [3.8, 4) is 0 Å². The highest BCUT2D eigenvalue weighted by Gasteiger charge is 2.26. The molecular formula is C36H42N6. The van der Waals surface area contributed by atoms with Crippen LogP contribution in [-0.4, -0.2) is 34.1 Å². The molecule has 0 spiro atoms. The molecule has 0 fully saturated rings. The van der Waals surface area contributed by atoms with Crippen molar-refractivity contribution in [2.24, 2.45) is 15.0 Å². The second-order valence-electron chi connectivity index (χ2n) is 11.5. The van der Waals surface area contributed by atoms with Gasteiger partial charge in [0, 0.05) is 41.9 Å². The largest absolute Gasteiger partial charge is 0.355 e. The molecule has 5 aliphatic rings. The normalized spacial score (nSPS) is 20.9. The molecule has 8 bridgehead atoms. The van der Waals surface area contributed by atoms with Gasteiger partial charge in [-0.1, -0.05) is 40.0 Å². The monoisotopic (exact) mass is 558 g/mol. The summed E-state index contributed by atoms with van der Waals surface area (Å²) in [7, 11) is 2.07. The van der Waals surface area contributed by atoms with Crippen LogP contribution >= 0.6 is 0 Å². The zero-order valence-electron chi connectivity index (χ0n) is 25.4. The lowest BCUT2D eigenvalue weighted by atomic mass is 10.0. The zero-order chi connectivity index (χ0) is 29.1. The fourth-order valence-corrected chi connectivity index (χ4v) is 6.06. The molecule has 2 N–H and O–H groups in total. The SMILES string of the molecule is CCCCC1=C2C=CC(=N2)C(CCCC)=C2C=CC(=N2)/C(=C2/NC=CN2C)c2ccc([nH]2)C(CCCC)=C2C=CC1=N2. The number of rotatable bonds is 9. The van der Waals surface area contributed by atoms with Crippen LogP contribution in [0.25, 0.3) is 11.1 Å². The molecule has 0 amide bonds. The Balaban J connectivity index is 1.60. The fraction of sp³-hybridized carbons (Fsp3) is 0.361. The third kappa shape index (κ3) is 5.38. The van der Waals surface area contributed by atoms with E-state index in [1.807, 2.05) is 12.4 Å². The summed E-state index contributed by atoms with van der Waals surface area (Å²) in [4.78, 5) is 21.7. The van der Waals surface area contributed by atoms with Gasteiger partial charge in [0.1, 0.15) is 5.82 Å². The number of hydrogen-bond donors (Lipinski definition) is 2. The van der Waals surface area contributed by atoms with Gasteiger partial charge in [-0.05, 0) is 87.1 Å². The molecule has 1 aromatic rings. The van der Waals surface area contributed by atoms with E-state index in [1.165, 1.54) is 16.7 Å².